The van der Waals surface area contributed by atoms with Crippen molar-refractivity contribution in [2.45, 2.75) is 39.5 Å². The Hall–Kier alpha value is -1.88. The molecule has 2 rings (SSSR count). The molecule has 1 aromatic rings. The van der Waals surface area contributed by atoms with Crippen LogP contribution in [0.25, 0.3) is 0 Å². The molecule has 1 aliphatic heterocycles. The van der Waals surface area contributed by atoms with Crippen LogP contribution in [0.5, 0.6) is 0 Å². The smallest absolute Gasteiger partial charge is 0.307 e. The molecule has 1 aliphatic rings. The van der Waals surface area contributed by atoms with Crippen molar-refractivity contribution < 1.29 is 14.7 Å². The lowest BCUT2D eigenvalue weighted by atomic mass is 9.90. The highest BCUT2D eigenvalue weighted by atomic mass is 16.4. The zero-order valence-corrected chi connectivity index (χ0v) is 14.8. The van der Waals surface area contributed by atoms with Gasteiger partial charge >= 0.3 is 5.97 Å². The van der Waals surface area contributed by atoms with Gasteiger partial charge in [0.25, 0.3) is 0 Å². The maximum atomic E-state index is 12.2. The number of amides is 1. The van der Waals surface area contributed by atoms with Crippen LogP contribution in [0, 0.1) is 11.8 Å². The highest BCUT2D eigenvalue weighted by molar-refractivity contribution is 5.92. The van der Waals surface area contributed by atoms with E-state index in [1.54, 1.807) is 0 Å². The largest absolute Gasteiger partial charge is 0.481 e. The SMILES string of the molecule is CCC(C)c1ccc(NC(=O)CN2CC(C)CC(C(=O)O)C2)cc1. The maximum Gasteiger partial charge on any atom is 0.307 e. The fourth-order valence-corrected chi connectivity index (χ4v) is 3.30. The molecule has 1 aromatic carbocycles. The van der Waals surface area contributed by atoms with Gasteiger partial charge in [-0.25, -0.2) is 0 Å². The zero-order chi connectivity index (χ0) is 17.7. The first-order chi connectivity index (χ1) is 11.4. The molecule has 0 radical (unpaired) electrons. The Morgan fingerprint density at radius 2 is 1.96 bits per heavy atom. The lowest BCUT2D eigenvalue weighted by Crippen LogP contribution is -2.45. The number of nitrogens with zero attached hydrogens (tertiary/aromatic N) is 1. The van der Waals surface area contributed by atoms with E-state index < -0.39 is 5.97 Å². The van der Waals surface area contributed by atoms with Gasteiger partial charge in [0.1, 0.15) is 0 Å². The molecule has 5 heteroatoms. The van der Waals surface area contributed by atoms with Crippen molar-refractivity contribution in [3.8, 4) is 0 Å². The number of nitrogens with one attached hydrogen (secondary N) is 1. The number of likely N-dealkylation sites (tertiary alicyclic amines) is 1. The maximum absolute atomic E-state index is 12.2. The van der Waals surface area contributed by atoms with Gasteiger partial charge in [0.2, 0.25) is 5.91 Å². The van der Waals surface area contributed by atoms with Crippen molar-refractivity contribution in [2.24, 2.45) is 11.8 Å². The van der Waals surface area contributed by atoms with Crippen LogP contribution in [0.1, 0.15) is 45.1 Å². The number of anilines is 1. The van der Waals surface area contributed by atoms with Crippen LogP contribution < -0.4 is 5.32 Å². The first kappa shape index (κ1) is 18.5. The quantitative estimate of drug-likeness (QED) is 0.839. The summed E-state index contributed by atoms with van der Waals surface area (Å²) >= 11 is 0. The van der Waals surface area contributed by atoms with Crippen molar-refractivity contribution >= 4 is 17.6 Å². The van der Waals surface area contributed by atoms with Crippen molar-refractivity contribution in [3.63, 3.8) is 0 Å². The topological polar surface area (TPSA) is 69.6 Å². The normalized spacial score (nSPS) is 22.8. The lowest BCUT2D eigenvalue weighted by molar-refractivity contribution is -0.144. The summed E-state index contributed by atoms with van der Waals surface area (Å²) in [6.45, 7) is 7.83. The highest BCUT2D eigenvalue weighted by Crippen LogP contribution is 2.22. The van der Waals surface area contributed by atoms with E-state index in [9.17, 15) is 14.7 Å². The van der Waals surface area contributed by atoms with Crippen LogP contribution in [0.3, 0.4) is 0 Å². The molecule has 24 heavy (non-hydrogen) atoms. The van der Waals surface area contributed by atoms with E-state index >= 15 is 0 Å². The Bertz CT molecular complexity index is 570. The zero-order valence-electron chi connectivity index (χ0n) is 14.8. The summed E-state index contributed by atoms with van der Waals surface area (Å²) < 4.78 is 0. The molecule has 1 amide bonds. The molecule has 3 atom stereocenters. The number of hydrogen-bond donors (Lipinski definition) is 2. The lowest BCUT2D eigenvalue weighted by Gasteiger charge is -2.34. The molecule has 3 unspecified atom stereocenters. The van der Waals surface area contributed by atoms with Crippen molar-refractivity contribution in [1.82, 2.24) is 4.90 Å². The van der Waals surface area contributed by atoms with Gasteiger partial charge in [-0.3, -0.25) is 14.5 Å². The monoisotopic (exact) mass is 332 g/mol. The molecule has 1 saturated heterocycles. The number of hydrogen-bond acceptors (Lipinski definition) is 3. The summed E-state index contributed by atoms with van der Waals surface area (Å²) in [5.41, 5.74) is 2.05. The van der Waals surface area contributed by atoms with Crippen LogP contribution in [0.4, 0.5) is 5.69 Å². The number of piperidine rings is 1. The number of carboxylic acid groups (broad SMARTS) is 1. The van der Waals surface area contributed by atoms with E-state index in [1.165, 1.54) is 5.56 Å². The molecule has 1 fully saturated rings. The average Bonchev–Trinajstić information content (AvgIpc) is 2.54. The van der Waals surface area contributed by atoms with E-state index in [-0.39, 0.29) is 18.4 Å². The molecule has 1 heterocycles. The molecule has 0 spiro atoms. The summed E-state index contributed by atoms with van der Waals surface area (Å²) in [4.78, 5) is 25.4. The Kier molecular flexibility index (Phi) is 6.37. The Morgan fingerprint density at radius 1 is 1.29 bits per heavy atom. The number of benzene rings is 1. The van der Waals surface area contributed by atoms with Gasteiger partial charge in [0, 0.05) is 18.8 Å². The van der Waals surface area contributed by atoms with Crippen LogP contribution in [-0.4, -0.2) is 41.5 Å². The van der Waals surface area contributed by atoms with Crippen molar-refractivity contribution in [1.29, 1.82) is 0 Å². The molecular formula is C19H28N2O3. The van der Waals surface area contributed by atoms with Crippen LogP contribution >= 0.6 is 0 Å². The molecule has 0 aliphatic carbocycles. The second-order valence-corrected chi connectivity index (χ2v) is 7.05. The van der Waals surface area contributed by atoms with Crippen LogP contribution in [-0.2, 0) is 9.59 Å². The summed E-state index contributed by atoms with van der Waals surface area (Å²) in [5.74, 6) is -0.437. The van der Waals surface area contributed by atoms with Crippen LogP contribution in [0.2, 0.25) is 0 Å². The fourth-order valence-electron chi connectivity index (χ4n) is 3.30. The van der Waals surface area contributed by atoms with E-state index in [2.05, 4.69) is 19.2 Å². The number of carbonyl (C=O) groups is 2. The van der Waals surface area contributed by atoms with Gasteiger partial charge in [-0.2, -0.15) is 0 Å². The van der Waals surface area contributed by atoms with E-state index in [0.29, 0.717) is 24.8 Å². The summed E-state index contributed by atoms with van der Waals surface area (Å²) in [7, 11) is 0. The first-order valence-electron chi connectivity index (χ1n) is 8.74. The van der Waals surface area contributed by atoms with Gasteiger partial charge in [0.05, 0.1) is 12.5 Å². The predicted octanol–water partition coefficient (Wildman–Crippen LogP) is 3.18. The molecular weight excluding hydrogens is 304 g/mol. The molecule has 0 bridgehead atoms. The molecule has 132 valence electrons. The predicted molar refractivity (Wildman–Crippen MR) is 95.1 cm³/mol. The Balaban J connectivity index is 1.89. The molecule has 0 saturated carbocycles. The van der Waals surface area contributed by atoms with Gasteiger partial charge in [-0.05, 0) is 42.4 Å². The third-order valence-corrected chi connectivity index (χ3v) is 4.83. The Labute approximate surface area is 144 Å². The van der Waals surface area contributed by atoms with Crippen LogP contribution in [0.15, 0.2) is 24.3 Å². The number of carbonyl (C=O) groups excluding carboxylic acids is 1. The Morgan fingerprint density at radius 3 is 2.54 bits per heavy atom. The minimum Gasteiger partial charge on any atom is -0.481 e. The number of aliphatic carboxylic acids is 1. The second-order valence-electron chi connectivity index (χ2n) is 7.05. The highest BCUT2D eigenvalue weighted by Gasteiger charge is 2.30. The van der Waals surface area contributed by atoms with Gasteiger partial charge < -0.3 is 10.4 Å². The summed E-state index contributed by atoms with van der Waals surface area (Å²) in [5, 5.41) is 12.1. The van der Waals surface area contributed by atoms with E-state index in [0.717, 1.165) is 18.7 Å². The summed E-state index contributed by atoms with van der Waals surface area (Å²) in [6.07, 6.45) is 1.77. The minimum atomic E-state index is -0.771. The van der Waals surface area contributed by atoms with E-state index in [4.69, 9.17) is 0 Å². The number of carboxylic acids is 1. The van der Waals surface area contributed by atoms with Crippen molar-refractivity contribution in [3.05, 3.63) is 29.8 Å². The third-order valence-electron chi connectivity index (χ3n) is 4.83. The minimum absolute atomic E-state index is 0.0930. The average molecular weight is 332 g/mol. The third kappa shape index (κ3) is 5.06. The molecule has 5 nitrogen and oxygen atoms in total. The number of rotatable bonds is 6. The second kappa shape index (κ2) is 8.29. The molecule has 0 aromatic heterocycles. The first-order valence-corrected chi connectivity index (χ1v) is 8.74. The van der Waals surface area contributed by atoms with Crippen molar-refractivity contribution in [2.75, 3.05) is 25.0 Å². The fraction of sp³-hybridized carbons (Fsp3) is 0.579. The van der Waals surface area contributed by atoms with Gasteiger partial charge in [0.15, 0.2) is 0 Å². The standard InChI is InChI=1S/C19H28N2O3/c1-4-14(3)15-5-7-17(8-6-15)20-18(22)12-21-10-13(2)9-16(11-21)19(23)24/h5-8,13-14,16H,4,9-12H2,1-3H3,(H,20,22)(H,23,24). The van der Waals surface area contributed by atoms with E-state index in [1.807, 2.05) is 36.1 Å². The van der Waals surface area contributed by atoms with Gasteiger partial charge in [-0.1, -0.05) is 32.9 Å². The summed E-state index contributed by atoms with van der Waals surface area (Å²) in [6, 6.07) is 7.96. The van der Waals surface area contributed by atoms with Gasteiger partial charge in [-0.15, -0.1) is 0 Å². The molecule has 2 N–H and O–H groups in total.